The number of nitrogens with one attached hydrogen (secondary N) is 3. The van der Waals surface area contributed by atoms with Crippen molar-refractivity contribution in [1.29, 1.82) is 0 Å². The second-order valence-electron chi connectivity index (χ2n) is 9.93. The Morgan fingerprint density at radius 1 is 1.22 bits per heavy atom. The number of ketones is 1. The number of carbonyl (C=O) groups excluding carboxylic acids is 4. The van der Waals surface area contributed by atoms with Crippen molar-refractivity contribution in [1.82, 2.24) is 20.9 Å². The van der Waals surface area contributed by atoms with Crippen LogP contribution in [0.15, 0.2) is 12.7 Å². The van der Waals surface area contributed by atoms with Crippen LogP contribution in [-0.2, 0) is 19.2 Å². The number of nitrogens with zero attached hydrogens (tertiary/aromatic N) is 1. The normalized spacial score (nSPS) is 24.8. The van der Waals surface area contributed by atoms with Crippen molar-refractivity contribution in [2.24, 2.45) is 23.5 Å². The summed E-state index contributed by atoms with van der Waals surface area (Å²) in [5.74, 6) is -0.183. The highest BCUT2D eigenvalue weighted by molar-refractivity contribution is 6.38. The minimum absolute atomic E-state index is 0.00196. The third-order valence-electron chi connectivity index (χ3n) is 7.35. The first-order chi connectivity index (χ1) is 17.1. The Morgan fingerprint density at radius 3 is 2.47 bits per heavy atom. The highest BCUT2D eigenvalue weighted by Crippen LogP contribution is 2.33. The molecule has 200 valence electrons. The van der Waals surface area contributed by atoms with E-state index in [1.54, 1.807) is 0 Å². The number of aliphatic hydroxyl groups is 1. The molecule has 0 aromatic heterocycles. The molecule has 2 aliphatic rings. The van der Waals surface area contributed by atoms with Crippen molar-refractivity contribution in [2.45, 2.75) is 83.3 Å². The highest BCUT2D eigenvalue weighted by atomic mass is 16.3. The monoisotopic (exact) mass is 503 g/mol. The lowest BCUT2D eigenvalue weighted by Crippen LogP contribution is -2.60. The number of aliphatic hydroxyl groups excluding tert-OH is 1. The molecule has 0 bridgehead atoms. The summed E-state index contributed by atoms with van der Waals surface area (Å²) < 4.78 is 0. The van der Waals surface area contributed by atoms with Crippen molar-refractivity contribution in [2.75, 3.05) is 13.1 Å². The zero-order valence-corrected chi connectivity index (χ0v) is 21.4. The summed E-state index contributed by atoms with van der Waals surface area (Å²) in [5, 5.41) is 17.7. The lowest BCUT2D eigenvalue weighted by atomic mass is 9.83. The Balaban J connectivity index is 2.25. The standard InChI is InChI=1S/C26H41N5O5/c1-5-7-13-19(22(32)24(34)28-14-6-2)29-23(33)21-17(4)16(3)15-31(21)25(35)20(30-26(27)36)18-11-9-8-10-12-18/h1,6,16-21,26,30,36H,2,7-15,27H2,3-4H3,(H,28,34)(H,29,33)/t16-,17-,19?,20-,21-,26?/m0/s1. The molecule has 3 amide bonds. The van der Waals surface area contributed by atoms with Crippen LogP contribution in [0.3, 0.4) is 0 Å². The van der Waals surface area contributed by atoms with E-state index < -0.39 is 42.1 Å². The number of hydrogen-bond acceptors (Lipinski definition) is 7. The average molecular weight is 504 g/mol. The van der Waals surface area contributed by atoms with Gasteiger partial charge in [0.1, 0.15) is 6.04 Å². The van der Waals surface area contributed by atoms with Crippen molar-refractivity contribution in [3.05, 3.63) is 12.7 Å². The van der Waals surface area contributed by atoms with Gasteiger partial charge in [-0.3, -0.25) is 30.2 Å². The maximum absolute atomic E-state index is 13.8. The van der Waals surface area contributed by atoms with E-state index in [9.17, 15) is 24.3 Å². The Bertz CT molecular complexity index is 848. The van der Waals surface area contributed by atoms with Crippen LogP contribution in [0.5, 0.6) is 0 Å². The van der Waals surface area contributed by atoms with Gasteiger partial charge in [0.2, 0.25) is 17.6 Å². The molecule has 0 spiro atoms. The molecule has 1 heterocycles. The fourth-order valence-corrected chi connectivity index (χ4v) is 5.20. The molecular weight excluding hydrogens is 462 g/mol. The largest absolute Gasteiger partial charge is 0.366 e. The smallest absolute Gasteiger partial charge is 0.289 e. The number of hydrogen-bond donors (Lipinski definition) is 5. The minimum Gasteiger partial charge on any atom is -0.366 e. The van der Waals surface area contributed by atoms with E-state index >= 15 is 0 Å². The molecule has 2 rings (SSSR count). The van der Waals surface area contributed by atoms with Gasteiger partial charge in [-0.25, -0.2) is 0 Å². The number of rotatable bonds is 12. The lowest BCUT2D eigenvalue weighted by molar-refractivity contribution is -0.144. The zero-order valence-electron chi connectivity index (χ0n) is 21.4. The minimum atomic E-state index is -1.37. The SMILES string of the molecule is C#CCCC(NC(=O)[C@@H]1[C@@H](C)[C@@H](C)CN1C(=O)[C@@H](NC(N)O)C1CCCCC1)C(=O)C(=O)NCC=C. The summed E-state index contributed by atoms with van der Waals surface area (Å²) >= 11 is 0. The van der Waals surface area contributed by atoms with Crippen molar-refractivity contribution >= 4 is 23.5 Å². The third-order valence-corrected chi connectivity index (χ3v) is 7.35. The second kappa shape index (κ2) is 14.1. The second-order valence-corrected chi connectivity index (χ2v) is 9.93. The predicted molar refractivity (Wildman–Crippen MR) is 136 cm³/mol. The zero-order chi connectivity index (χ0) is 26.8. The van der Waals surface area contributed by atoms with Crippen molar-refractivity contribution in [3.8, 4) is 12.3 Å². The van der Waals surface area contributed by atoms with E-state index in [0.717, 1.165) is 32.1 Å². The van der Waals surface area contributed by atoms with Gasteiger partial charge in [-0.2, -0.15) is 0 Å². The Labute approximate surface area is 213 Å². The van der Waals surface area contributed by atoms with Gasteiger partial charge < -0.3 is 20.6 Å². The van der Waals surface area contributed by atoms with Gasteiger partial charge in [0.25, 0.3) is 5.91 Å². The summed E-state index contributed by atoms with van der Waals surface area (Å²) in [5.41, 5.74) is 5.59. The molecule has 36 heavy (non-hydrogen) atoms. The van der Waals surface area contributed by atoms with Gasteiger partial charge in [0.05, 0.1) is 12.1 Å². The van der Waals surface area contributed by atoms with Crippen LogP contribution in [0, 0.1) is 30.1 Å². The van der Waals surface area contributed by atoms with E-state index in [1.807, 2.05) is 13.8 Å². The summed E-state index contributed by atoms with van der Waals surface area (Å²) in [6.07, 6.45) is 10.4. The topological polar surface area (TPSA) is 154 Å². The molecule has 1 saturated heterocycles. The maximum atomic E-state index is 13.8. The molecule has 0 radical (unpaired) electrons. The average Bonchev–Trinajstić information content (AvgIpc) is 3.17. The van der Waals surface area contributed by atoms with Gasteiger partial charge in [0.15, 0.2) is 6.35 Å². The maximum Gasteiger partial charge on any atom is 0.289 e. The van der Waals surface area contributed by atoms with Crippen molar-refractivity contribution in [3.63, 3.8) is 0 Å². The highest BCUT2D eigenvalue weighted by Gasteiger charge is 2.47. The molecule has 1 aliphatic carbocycles. The fraction of sp³-hybridized carbons (Fsp3) is 0.692. The van der Waals surface area contributed by atoms with E-state index in [2.05, 4.69) is 28.4 Å². The summed E-state index contributed by atoms with van der Waals surface area (Å²) in [6, 6.07) is -2.68. The first kappa shape index (κ1) is 29.5. The molecule has 1 saturated carbocycles. The van der Waals surface area contributed by atoms with Gasteiger partial charge in [-0.1, -0.05) is 39.2 Å². The molecule has 6 atom stereocenters. The Hall–Kier alpha value is -2.74. The van der Waals surface area contributed by atoms with Crippen LogP contribution in [0.25, 0.3) is 0 Å². The molecule has 1 aliphatic heterocycles. The molecule has 2 fully saturated rings. The quantitative estimate of drug-likeness (QED) is 0.109. The Kier molecular flexibility index (Phi) is 11.6. The molecular formula is C26H41N5O5. The van der Waals surface area contributed by atoms with Crippen LogP contribution < -0.4 is 21.7 Å². The van der Waals surface area contributed by atoms with Gasteiger partial charge in [0, 0.05) is 19.5 Å². The van der Waals surface area contributed by atoms with Crippen LogP contribution in [0.2, 0.25) is 0 Å². The molecule has 10 heteroatoms. The number of likely N-dealkylation sites (tertiary alicyclic amines) is 1. The summed E-state index contributed by atoms with van der Waals surface area (Å²) in [4.78, 5) is 53.8. The number of nitrogens with two attached hydrogens (primary N) is 1. The Morgan fingerprint density at radius 2 is 1.89 bits per heavy atom. The van der Waals surface area contributed by atoms with Crippen LogP contribution >= 0.6 is 0 Å². The molecule has 0 aromatic carbocycles. The summed E-state index contributed by atoms with van der Waals surface area (Å²) in [6.45, 7) is 7.82. The first-order valence-corrected chi connectivity index (χ1v) is 12.8. The summed E-state index contributed by atoms with van der Waals surface area (Å²) in [7, 11) is 0. The molecule has 6 N–H and O–H groups in total. The number of terminal acetylenes is 1. The van der Waals surface area contributed by atoms with Gasteiger partial charge >= 0.3 is 0 Å². The predicted octanol–water partition coefficient (Wildman–Crippen LogP) is 0.0120. The van der Waals surface area contributed by atoms with E-state index in [4.69, 9.17) is 12.2 Å². The number of Topliss-reactive ketones (excluding diaryl/α,β-unsaturated/α-hetero) is 1. The van der Waals surface area contributed by atoms with Gasteiger partial charge in [-0.05, 0) is 37.0 Å². The molecule has 10 nitrogen and oxygen atoms in total. The molecule has 0 aromatic rings. The first-order valence-electron chi connectivity index (χ1n) is 12.8. The third kappa shape index (κ3) is 7.63. The lowest BCUT2D eigenvalue weighted by Gasteiger charge is -2.36. The number of carbonyl (C=O) groups is 4. The fourth-order valence-electron chi connectivity index (χ4n) is 5.20. The van der Waals surface area contributed by atoms with Crippen molar-refractivity contribution < 1.29 is 24.3 Å². The van der Waals surface area contributed by atoms with Crippen LogP contribution in [-0.4, -0.2) is 71.1 Å². The van der Waals surface area contributed by atoms with Crippen LogP contribution in [0.4, 0.5) is 0 Å². The van der Waals surface area contributed by atoms with Crippen LogP contribution in [0.1, 0.15) is 58.8 Å². The molecule has 2 unspecified atom stereocenters. The van der Waals surface area contributed by atoms with E-state index in [-0.39, 0.29) is 43.0 Å². The van der Waals surface area contributed by atoms with E-state index in [1.165, 1.54) is 11.0 Å². The van der Waals surface area contributed by atoms with Gasteiger partial charge in [-0.15, -0.1) is 18.9 Å². The van der Waals surface area contributed by atoms with E-state index in [0.29, 0.717) is 6.54 Å². The number of amides is 3.